The number of nitrogens with zero attached hydrogens (tertiary/aromatic N) is 1. The molecule has 0 aromatic carbocycles. The third-order valence-electron chi connectivity index (χ3n) is 0.724. The topological polar surface area (TPSA) is 93.4 Å². The Labute approximate surface area is 60.4 Å². The van der Waals surface area contributed by atoms with Gasteiger partial charge < -0.3 is 10.7 Å². The van der Waals surface area contributed by atoms with Gasteiger partial charge in [-0.15, -0.1) is 4.33 Å². The van der Waals surface area contributed by atoms with Crippen LogP contribution in [0.5, 0.6) is 0 Å². The van der Waals surface area contributed by atoms with E-state index in [4.69, 9.17) is 11.0 Å². The first kappa shape index (κ1) is 7.35. The number of H-pyrrole nitrogens is 1. The molecule has 7 heteroatoms. The molecule has 0 saturated heterocycles. The van der Waals surface area contributed by atoms with E-state index in [2.05, 4.69) is 19.3 Å². The van der Waals surface area contributed by atoms with Gasteiger partial charge in [-0.3, -0.25) is 0 Å². The first-order valence-electron chi connectivity index (χ1n) is 2.28. The molecule has 0 aliphatic heterocycles. The van der Waals surface area contributed by atoms with Gasteiger partial charge in [0.15, 0.2) is 5.95 Å². The van der Waals surface area contributed by atoms with Gasteiger partial charge in [0.25, 0.3) is 0 Å². The van der Waals surface area contributed by atoms with Crippen LogP contribution < -0.4 is 5.73 Å². The number of nitrogens with one attached hydrogen (secondary N) is 1. The van der Waals surface area contributed by atoms with Crippen LogP contribution in [0.2, 0.25) is 0 Å². The highest BCUT2D eigenvalue weighted by Crippen LogP contribution is 2.16. The Hall–Kier alpha value is -0.760. The number of nitrogens with two attached hydrogens (primary N) is 1. The molecule has 0 aliphatic rings. The number of aromatic nitrogens is 2. The zero-order chi connectivity index (χ0) is 7.40. The first-order chi connectivity index (χ1) is 4.83. The fraction of sp³-hybridized carbons (Fsp3) is 0. The Morgan fingerprint density at radius 2 is 2.60 bits per heavy atom. The Balaban J connectivity index is 2.42. The third-order valence-corrected chi connectivity index (χ3v) is 1.23. The second kappa shape index (κ2) is 3.42. The van der Waals surface area contributed by atoms with Crippen molar-refractivity contribution in [3.63, 3.8) is 0 Å². The van der Waals surface area contributed by atoms with Gasteiger partial charge in [-0.05, 0) is 0 Å². The summed E-state index contributed by atoms with van der Waals surface area (Å²) in [6, 6.07) is 0. The van der Waals surface area contributed by atoms with Gasteiger partial charge in [0.05, 0.1) is 12.0 Å². The molecule has 10 heavy (non-hydrogen) atoms. The van der Waals surface area contributed by atoms with Crippen molar-refractivity contribution in [2.75, 3.05) is 5.73 Å². The van der Waals surface area contributed by atoms with Crippen molar-refractivity contribution >= 4 is 18.0 Å². The van der Waals surface area contributed by atoms with E-state index >= 15 is 0 Å². The molecule has 1 heterocycles. The van der Waals surface area contributed by atoms with E-state index < -0.39 is 0 Å². The molecule has 6 nitrogen and oxygen atoms in total. The molecule has 0 spiro atoms. The smallest absolute Gasteiger partial charge is 0.198 e. The molecule has 0 radical (unpaired) electrons. The van der Waals surface area contributed by atoms with E-state index in [-0.39, 0.29) is 5.95 Å². The largest absolute Gasteiger partial charge is 0.369 e. The van der Waals surface area contributed by atoms with E-state index in [0.717, 1.165) is 12.0 Å². The highest BCUT2D eigenvalue weighted by Gasteiger charge is 1.98. The number of hydrogen-bond donors (Lipinski definition) is 3. The lowest BCUT2D eigenvalue weighted by Crippen LogP contribution is -1.85. The second-order valence-electron chi connectivity index (χ2n) is 1.35. The summed E-state index contributed by atoms with van der Waals surface area (Å²) in [4.78, 5) is 6.32. The quantitative estimate of drug-likeness (QED) is 0.339. The maximum absolute atomic E-state index is 7.72. The SMILES string of the molecule is Nc1nc(SOOO)c[nH]1. The third kappa shape index (κ3) is 1.88. The predicted molar refractivity (Wildman–Crippen MR) is 33.7 cm³/mol. The van der Waals surface area contributed by atoms with Crippen LogP contribution in [0.3, 0.4) is 0 Å². The molecule has 1 aromatic rings. The average Bonchev–Trinajstić information content (AvgIpc) is 2.31. The standard InChI is InChI=1S/C3H5N3O3S/c4-3-5-1-2(6-3)10-9-8-7/h1,7H,(H3,4,5,6). The molecule has 0 fully saturated rings. The first-order valence-corrected chi connectivity index (χ1v) is 3.02. The van der Waals surface area contributed by atoms with Crippen LogP contribution in [0.25, 0.3) is 0 Å². The lowest BCUT2D eigenvalue weighted by molar-refractivity contribution is -0.432. The number of rotatable bonds is 3. The summed E-state index contributed by atoms with van der Waals surface area (Å²) in [5.41, 5.74) is 5.21. The monoisotopic (exact) mass is 163 g/mol. The summed E-state index contributed by atoms with van der Waals surface area (Å²) in [6.07, 6.45) is 1.51. The van der Waals surface area contributed by atoms with Gasteiger partial charge in [0, 0.05) is 6.20 Å². The van der Waals surface area contributed by atoms with Crippen LogP contribution in [0, 0.1) is 0 Å². The molecule has 0 atom stereocenters. The van der Waals surface area contributed by atoms with Gasteiger partial charge in [0.1, 0.15) is 5.03 Å². The Kier molecular flexibility index (Phi) is 2.51. The average molecular weight is 163 g/mol. The van der Waals surface area contributed by atoms with Crippen LogP contribution in [0.4, 0.5) is 5.95 Å². The summed E-state index contributed by atoms with van der Waals surface area (Å²) in [5, 5.41) is 11.5. The van der Waals surface area contributed by atoms with Crippen LogP contribution in [-0.2, 0) is 9.37 Å². The molecule has 0 bridgehead atoms. The Morgan fingerprint density at radius 3 is 3.10 bits per heavy atom. The van der Waals surface area contributed by atoms with Crippen molar-refractivity contribution in [3.05, 3.63) is 6.20 Å². The molecular weight excluding hydrogens is 158 g/mol. The Morgan fingerprint density at radius 1 is 1.80 bits per heavy atom. The number of hydrogen-bond acceptors (Lipinski definition) is 6. The van der Waals surface area contributed by atoms with Crippen molar-refractivity contribution in [1.82, 2.24) is 9.97 Å². The van der Waals surface area contributed by atoms with Gasteiger partial charge in [-0.2, -0.15) is 0 Å². The molecule has 4 N–H and O–H groups in total. The lowest BCUT2D eigenvalue weighted by atomic mass is 11.0. The van der Waals surface area contributed by atoms with Crippen molar-refractivity contribution in [1.29, 1.82) is 0 Å². The van der Waals surface area contributed by atoms with Crippen molar-refractivity contribution < 1.29 is 14.6 Å². The highest BCUT2D eigenvalue weighted by molar-refractivity contribution is 7.94. The van der Waals surface area contributed by atoms with E-state index in [1.807, 2.05) is 0 Å². The van der Waals surface area contributed by atoms with E-state index in [1.165, 1.54) is 6.20 Å². The van der Waals surface area contributed by atoms with E-state index in [1.54, 1.807) is 0 Å². The molecule has 1 rings (SSSR count). The molecule has 0 aliphatic carbocycles. The minimum atomic E-state index is 0.282. The fourth-order valence-corrected chi connectivity index (χ4v) is 0.755. The molecular formula is C3H5N3O3S. The number of nitrogen functional groups attached to an aromatic ring is 1. The van der Waals surface area contributed by atoms with E-state index in [0.29, 0.717) is 5.03 Å². The molecule has 0 amide bonds. The van der Waals surface area contributed by atoms with Gasteiger partial charge in [-0.25, -0.2) is 10.2 Å². The minimum Gasteiger partial charge on any atom is -0.369 e. The van der Waals surface area contributed by atoms with E-state index in [9.17, 15) is 0 Å². The lowest BCUT2D eigenvalue weighted by Gasteiger charge is -1.88. The number of anilines is 1. The van der Waals surface area contributed by atoms with Gasteiger partial charge in [-0.1, -0.05) is 5.04 Å². The molecule has 1 aromatic heterocycles. The summed E-state index contributed by atoms with van der Waals surface area (Å²) in [5.74, 6) is 0.282. The van der Waals surface area contributed by atoms with Crippen molar-refractivity contribution in [2.24, 2.45) is 0 Å². The van der Waals surface area contributed by atoms with Crippen LogP contribution in [-0.4, -0.2) is 15.2 Å². The van der Waals surface area contributed by atoms with Crippen molar-refractivity contribution in [2.45, 2.75) is 5.03 Å². The zero-order valence-electron chi connectivity index (χ0n) is 4.77. The second-order valence-corrected chi connectivity index (χ2v) is 2.07. The zero-order valence-corrected chi connectivity index (χ0v) is 5.59. The molecule has 0 unspecified atom stereocenters. The summed E-state index contributed by atoms with van der Waals surface area (Å²) < 4.78 is 4.07. The highest BCUT2D eigenvalue weighted by atomic mass is 32.2. The van der Waals surface area contributed by atoms with Crippen LogP contribution in [0.15, 0.2) is 11.2 Å². The maximum Gasteiger partial charge on any atom is 0.198 e. The van der Waals surface area contributed by atoms with Crippen molar-refractivity contribution in [3.8, 4) is 0 Å². The van der Waals surface area contributed by atoms with Gasteiger partial charge in [0.2, 0.25) is 0 Å². The summed E-state index contributed by atoms with van der Waals surface area (Å²) in [6.45, 7) is 0. The normalized spacial score (nSPS) is 10.1. The maximum atomic E-state index is 7.72. The fourth-order valence-electron chi connectivity index (χ4n) is 0.412. The summed E-state index contributed by atoms with van der Waals surface area (Å²) in [7, 11) is 0. The Bertz CT molecular complexity index is 203. The number of imidazole rings is 1. The summed E-state index contributed by atoms with van der Waals surface area (Å²) >= 11 is 0.747. The minimum absolute atomic E-state index is 0.282. The van der Waals surface area contributed by atoms with Crippen LogP contribution in [0.1, 0.15) is 0 Å². The number of aromatic amines is 1. The molecule has 56 valence electrons. The van der Waals surface area contributed by atoms with Gasteiger partial charge >= 0.3 is 0 Å². The predicted octanol–water partition coefficient (Wildman–Crippen LogP) is 0.420. The van der Waals surface area contributed by atoms with Crippen LogP contribution >= 0.6 is 12.0 Å². The molecule has 0 saturated carbocycles.